The number of anilines is 1. The normalized spacial score (nSPS) is 13.7. The molecule has 0 atom stereocenters. The van der Waals surface area contributed by atoms with Crippen molar-refractivity contribution in [2.24, 2.45) is 0 Å². The fourth-order valence-electron chi connectivity index (χ4n) is 4.78. The molecule has 1 saturated carbocycles. The Morgan fingerprint density at radius 1 is 1.00 bits per heavy atom. The van der Waals surface area contributed by atoms with Gasteiger partial charge in [-0.25, -0.2) is 4.98 Å². The van der Waals surface area contributed by atoms with E-state index in [9.17, 15) is 9.59 Å². The van der Waals surface area contributed by atoms with E-state index in [0.29, 0.717) is 17.8 Å². The van der Waals surface area contributed by atoms with Gasteiger partial charge in [0, 0.05) is 29.7 Å². The summed E-state index contributed by atoms with van der Waals surface area (Å²) in [4.78, 5) is 31.5. The first kappa shape index (κ1) is 23.7. The van der Waals surface area contributed by atoms with E-state index < -0.39 is 0 Å². The second-order valence-corrected chi connectivity index (χ2v) is 9.28. The van der Waals surface area contributed by atoms with Gasteiger partial charge in [-0.3, -0.25) is 14.3 Å². The molecule has 2 amide bonds. The van der Waals surface area contributed by atoms with Crippen LogP contribution in [0.25, 0.3) is 22.2 Å². The zero-order chi connectivity index (χ0) is 25.1. The number of aryl methyl sites for hydroxylation is 2. The molecule has 0 unspecified atom stereocenters. The lowest BCUT2D eigenvalue weighted by Gasteiger charge is -2.13. The van der Waals surface area contributed by atoms with Crippen molar-refractivity contribution in [3.63, 3.8) is 0 Å². The average molecular weight is 482 g/mol. The number of carbonyl (C=O) groups is 2. The Labute approximate surface area is 210 Å². The lowest BCUT2D eigenvalue weighted by atomic mass is 10.0. The van der Waals surface area contributed by atoms with Gasteiger partial charge in [0.1, 0.15) is 0 Å². The molecule has 7 heteroatoms. The second kappa shape index (κ2) is 10.3. The Balaban J connectivity index is 1.49. The van der Waals surface area contributed by atoms with E-state index in [0.717, 1.165) is 54.3 Å². The fraction of sp³-hybridized carbons (Fsp3) is 0.310. The minimum absolute atomic E-state index is 0.165. The van der Waals surface area contributed by atoms with Crippen LogP contribution in [0.4, 0.5) is 5.69 Å². The van der Waals surface area contributed by atoms with Crippen LogP contribution in [0.2, 0.25) is 0 Å². The third kappa shape index (κ3) is 4.87. The summed E-state index contributed by atoms with van der Waals surface area (Å²) in [6.45, 7) is 4.66. The standard InChI is InChI=1S/C29H31N5O2/c1-3-19-13-15-20(16-14-19)25-17-23(22-11-7-8-12-24(22)31-25)28(35)32-26-18-34(4-2)33-27(26)29(36)30-21-9-5-6-10-21/h7-8,11-18,21H,3-6,9-10H2,1-2H3,(H,30,36)(H,32,35). The number of nitrogens with one attached hydrogen (secondary N) is 2. The van der Waals surface area contributed by atoms with E-state index in [1.54, 1.807) is 10.9 Å². The molecule has 36 heavy (non-hydrogen) atoms. The maximum Gasteiger partial charge on any atom is 0.274 e. The Hall–Kier alpha value is -4.00. The van der Waals surface area contributed by atoms with E-state index in [1.165, 1.54) is 5.56 Å². The van der Waals surface area contributed by atoms with Gasteiger partial charge >= 0.3 is 0 Å². The van der Waals surface area contributed by atoms with E-state index in [1.807, 2.05) is 49.4 Å². The van der Waals surface area contributed by atoms with Crippen LogP contribution in [-0.4, -0.2) is 32.6 Å². The van der Waals surface area contributed by atoms with Crippen molar-refractivity contribution >= 4 is 28.4 Å². The van der Waals surface area contributed by atoms with Crippen LogP contribution in [0.5, 0.6) is 0 Å². The summed E-state index contributed by atoms with van der Waals surface area (Å²) in [7, 11) is 0. The zero-order valence-electron chi connectivity index (χ0n) is 20.8. The summed E-state index contributed by atoms with van der Waals surface area (Å²) in [6, 6.07) is 17.8. The molecular formula is C29H31N5O2. The monoisotopic (exact) mass is 481 g/mol. The molecule has 0 radical (unpaired) electrons. The minimum Gasteiger partial charge on any atom is -0.348 e. The highest BCUT2D eigenvalue weighted by Gasteiger charge is 2.24. The summed E-state index contributed by atoms with van der Waals surface area (Å²) < 4.78 is 1.67. The van der Waals surface area contributed by atoms with E-state index >= 15 is 0 Å². The SMILES string of the molecule is CCc1ccc(-c2cc(C(=O)Nc3cn(CC)nc3C(=O)NC3CCCC3)c3ccccc3n2)cc1. The predicted octanol–water partition coefficient (Wildman–Crippen LogP) is 5.61. The third-order valence-corrected chi connectivity index (χ3v) is 6.86. The average Bonchev–Trinajstić information content (AvgIpc) is 3.58. The molecule has 2 N–H and O–H groups in total. The molecule has 0 spiro atoms. The number of hydrogen-bond donors (Lipinski definition) is 2. The van der Waals surface area contributed by atoms with Gasteiger partial charge in [0.15, 0.2) is 5.69 Å². The van der Waals surface area contributed by atoms with Gasteiger partial charge in [-0.1, -0.05) is 62.2 Å². The first-order chi connectivity index (χ1) is 17.6. The number of hydrogen-bond acceptors (Lipinski definition) is 4. The van der Waals surface area contributed by atoms with Crippen LogP contribution in [0.3, 0.4) is 0 Å². The highest BCUT2D eigenvalue weighted by atomic mass is 16.2. The van der Waals surface area contributed by atoms with Gasteiger partial charge in [0.25, 0.3) is 11.8 Å². The summed E-state index contributed by atoms with van der Waals surface area (Å²) in [5.74, 6) is -0.550. The molecule has 4 aromatic rings. The molecule has 7 nitrogen and oxygen atoms in total. The van der Waals surface area contributed by atoms with Crippen molar-refractivity contribution in [1.82, 2.24) is 20.1 Å². The van der Waals surface area contributed by atoms with Gasteiger partial charge < -0.3 is 10.6 Å². The van der Waals surface area contributed by atoms with E-state index in [4.69, 9.17) is 4.98 Å². The van der Waals surface area contributed by atoms with Crippen molar-refractivity contribution in [1.29, 1.82) is 0 Å². The topological polar surface area (TPSA) is 88.9 Å². The number of fused-ring (bicyclic) bond motifs is 1. The molecule has 5 rings (SSSR count). The first-order valence-electron chi connectivity index (χ1n) is 12.7. The molecule has 2 heterocycles. The van der Waals surface area contributed by atoms with Gasteiger partial charge in [-0.15, -0.1) is 0 Å². The molecule has 1 aliphatic rings. The highest BCUT2D eigenvalue weighted by Crippen LogP contribution is 2.27. The lowest BCUT2D eigenvalue weighted by molar-refractivity contribution is 0.0933. The highest BCUT2D eigenvalue weighted by molar-refractivity contribution is 6.14. The van der Waals surface area contributed by atoms with Gasteiger partial charge in [-0.05, 0) is 43.9 Å². The molecular weight excluding hydrogens is 450 g/mol. The molecule has 0 saturated heterocycles. The van der Waals surface area contributed by atoms with Gasteiger partial charge in [0.05, 0.1) is 22.5 Å². The smallest absolute Gasteiger partial charge is 0.274 e. The summed E-state index contributed by atoms with van der Waals surface area (Å²) in [5, 5.41) is 11.2. The quantitative estimate of drug-likeness (QED) is 0.359. The molecule has 2 aromatic heterocycles. The molecule has 0 bridgehead atoms. The van der Waals surface area contributed by atoms with Crippen molar-refractivity contribution in [3.8, 4) is 11.3 Å². The number of pyridine rings is 1. The Bertz CT molecular complexity index is 1400. The third-order valence-electron chi connectivity index (χ3n) is 6.86. The van der Waals surface area contributed by atoms with Crippen LogP contribution < -0.4 is 10.6 Å². The van der Waals surface area contributed by atoms with E-state index in [2.05, 4.69) is 34.8 Å². The van der Waals surface area contributed by atoms with Crippen molar-refractivity contribution < 1.29 is 9.59 Å². The maximum absolute atomic E-state index is 13.6. The Kier molecular flexibility index (Phi) is 6.80. The van der Waals surface area contributed by atoms with Crippen LogP contribution in [-0.2, 0) is 13.0 Å². The number of aromatic nitrogens is 3. The molecule has 1 fully saturated rings. The number of benzene rings is 2. The zero-order valence-corrected chi connectivity index (χ0v) is 20.8. The van der Waals surface area contributed by atoms with Crippen LogP contribution in [0, 0.1) is 0 Å². The Morgan fingerprint density at radius 3 is 2.47 bits per heavy atom. The molecule has 0 aliphatic heterocycles. The number of para-hydroxylation sites is 1. The van der Waals surface area contributed by atoms with Crippen LogP contribution in [0.1, 0.15) is 65.9 Å². The van der Waals surface area contributed by atoms with Crippen LogP contribution in [0.15, 0.2) is 60.8 Å². The maximum atomic E-state index is 13.6. The molecule has 1 aliphatic carbocycles. The number of rotatable bonds is 7. The molecule has 184 valence electrons. The van der Waals surface area contributed by atoms with Crippen molar-refractivity contribution in [3.05, 3.63) is 77.6 Å². The largest absolute Gasteiger partial charge is 0.348 e. The van der Waals surface area contributed by atoms with Gasteiger partial charge in [-0.2, -0.15) is 5.10 Å². The minimum atomic E-state index is -0.300. The van der Waals surface area contributed by atoms with Crippen molar-refractivity contribution in [2.75, 3.05) is 5.32 Å². The number of nitrogens with zero attached hydrogens (tertiary/aromatic N) is 3. The predicted molar refractivity (Wildman–Crippen MR) is 142 cm³/mol. The lowest BCUT2D eigenvalue weighted by Crippen LogP contribution is -2.33. The Morgan fingerprint density at radius 2 is 1.75 bits per heavy atom. The number of carbonyl (C=O) groups excluding carboxylic acids is 2. The van der Waals surface area contributed by atoms with Gasteiger partial charge in [0.2, 0.25) is 0 Å². The number of amides is 2. The van der Waals surface area contributed by atoms with E-state index in [-0.39, 0.29) is 23.6 Å². The summed E-state index contributed by atoms with van der Waals surface area (Å²) >= 11 is 0. The summed E-state index contributed by atoms with van der Waals surface area (Å²) in [6.07, 6.45) is 6.88. The second-order valence-electron chi connectivity index (χ2n) is 9.28. The van der Waals surface area contributed by atoms with Crippen molar-refractivity contribution in [2.45, 2.75) is 58.5 Å². The summed E-state index contributed by atoms with van der Waals surface area (Å²) in [5.41, 5.74) is 4.81. The molecule has 2 aromatic carbocycles. The van der Waals surface area contributed by atoms with Crippen LogP contribution >= 0.6 is 0 Å². The first-order valence-corrected chi connectivity index (χ1v) is 12.7. The fourth-order valence-corrected chi connectivity index (χ4v) is 4.78.